The minimum atomic E-state index is -1.68. The third-order valence-corrected chi connectivity index (χ3v) is 16.1. The van der Waals surface area contributed by atoms with Gasteiger partial charge in [-0.3, -0.25) is 14.4 Å². The fourth-order valence-electron chi connectivity index (χ4n) is 11.7. The predicted molar refractivity (Wildman–Crippen MR) is 263 cm³/mol. The second-order valence-corrected chi connectivity index (χ2v) is 21.7. The Balaban J connectivity index is 1.36. The highest BCUT2D eigenvalue weighted by atomic mass is 19.1. The normalized spacial score (nSPS) is 39.8. The number of aliphatic hydroxyl groups is 2. The second kappa shape index (κ2) is 23.8. The largest absolute Gasteiger partial charge is 0.458 e. The van der Waals surface area contributed by atoms with Gasteiger partial charge in [0.15, 0.2) is 24.0 Å². The van der Waals surface area contributed by atoms with Crippen LogP contribution in [0.3, 0.4) is 0 Å². The van der Waals surface area contributed by atoms with E-state index in [9.17, 15) is 29.0 Å². The Bertz CT molecular complexity index is 2310. The number of rotatable bonds is 14. The maximum absolute atomic E-state index is 15.1. The van der Waals surface area contributed by atoms with E-state index in [2.05, 4.69) is 15.5 Å². The van der Waals surface area contributed by atoms with Gasteiger partial charge < -0.3 is 63.6 Å². The van der Waals surface area contributed by atoms with Crippen LogP contribution >= 0.6 is 0 Å². The Morgan fingerprint density at radius 3 is 2.23 bits per heavy atom. The number of fused-ring (bicyclic) bond motifs is 1. The van der Waals surface area contributed by atoms with Crippen molar-refractivity contribution in [1.82, 2.24) is 19.9 Å². The van der Waals surface area contributed by atoms with E-state index >= 15 is 4.79 Å². The molecule has 4 fully saturated rings. The molecule has 21 nitrogen and oxygen atoms in total. The van der Waals surface area contributed by atoms with Crippen molar-refractivity contribution in [2.24, 2.45) is 46.4 Å². The first-order valence-corrected chi connectivity index (χ1v) is 25.6. The number of aryl methyl sites for hydroxylation is 1. The summed E-state index contributed by atoms with van der Waals surface area (Å²) in [6.45, 7) is 17.3. The second-order valence-electron chi connectivity index (χ2n) is 21.7. The summed E-state index contributed by atoms with van der Waals surface area (Å²) in [5, 5.41) is 35.0. The number of amidine groups is 1. The van der Waals surface area contributed by atoms with Gasteiger partial charge in [0.05, 0.1) is 65.5 Å². The molecule has 0 saturated carbocycles. The highest BCUT2D eigenvalue weighted by molar-refractivity contribution is 6.03. The number of methoxy groups -OCH3 is 2. The molecule has 5 heterocycles. The maximum Gasteiger partial charge on any atom is 0.335 e. The quantitative estimate of drug-likeness (QED) is 0.0792. The third kappa shape index (κ3) is 12.3. The van der Waals surface area contributed by atoms with Crippen LogP contribution in [0.1, 0.15) is 107 Å². The molecule has 4 N–H and O–H groups in total. The van der Waals surface area contributed by atoms with Crippen molar-refractivity contribution in [1.29, 1.82) is 0 Å². The highest BCUT2D eigenvalue weighted by Gasteiger charge is 2.63. The molecule has 0 amide bonds. The summed E-state index contributed by atoms with van der Waals surface area (Å²) in [6, 6.07) is 5.27. The smallest absolute Gasteiger partial charge is 0.335 e. The van der Waals surface area contributed by atoms with Crippen LogP contribution < -0.4 is 5.73 Å². The number of halogens is 1. The van der Waals surface area contributed by atoms with E-state index in [1.165, 1.54) is 43.2 Å². The molecule has 22 heteroatoms. The topological polar surface area (TPSA) is 264 Å². The number of nitrogens with two attached hydrogens (primary N) is 1. The molecular weight excluding hydrogens is 968 g/mol. The molecular formula is C52H79FN6O15. The lowest BCUT2D eigenvalue weighted by atomic mass is 9.67. The summed E-state index contributed by atoms with van der Waals surface area (Å²) in [5.74, 6) is -9.93. The molecule has 4 aliphatic heterocycles. The van der Waals surface area contributed by atoms with Crippen molar-refractivity contribution in [2.45, 2.75) is 186 Å². The lowest BCUT2D eigenvalue weighted by Gasteiger charge is -2.50. The van der Waals surface area contributed by atoms with Crippen molar-refractivity contribution in [3.05, 3.63) is 42.0 Å². The number of carbonyl (C=O) groups excluding carboxylic acids is 4. The number of hydrogen-bond acceptors (Lipinski definition) is 19. The zero-order valence-corrected chi connectivity index (χ0v) is 45.3. The van der Waals surface area contributed by atoms with E-state index in [1.54, 1.807) is 61.6 Å². The molecule has 0 aliphatic carbocycles. The zero-order valence-electron chi connectivity index (χ0n) is 45.3. The number of benzene rings is 1. The Kier molecular flexibility index (Phi) is 18.9. The van der Waals surface area contributed by atoms with E-state index in [1.807, 2.05) is 32.8 Å². The number of ketones is 1. The van der Waals surface area contributed by atoms with Crippen LogP contribution in [0, 0.1) is 41.3 Å². The minimum Gasteiger partial charge on any atom is -0.458 e. The van der Waals surface area contributed by atoms with Crippen LogP contribution in [0.15, 0.2) is 35.6 Å². The number of oxime groups is 1. The molecule has 4 aliphatic rings. The van der Waals surface area contributed by atoms with Crippen molar-refractivity contribution in [3.8, 4) is 5.69 Å². The summed E-state index contributed by atoms with van der Waals surface area (Å²) in [6.07, 6.45) is -6.57. The predicted octanol–water partition coefficient (Wildman–Crippen LogP) is 4.04. The average molecular weight is 1050 g/mol. The Hall–Kier alpha value is -4.52. The van der Waals surface area contributed by atoms with Gasteiger partial charge in [0.25, 0.3) is 0 Å². The summed E-state index contributed by atoms with van der Waals surface area (Å²) in [4.78, 5) is 64.6. The number of esters is 2. The molecule has 414 valence electrons. The van der Waals surface area contributed by atoms with E-state index in [0.717, 1.165) is 0 Å². The highest BCUT2D eigenvalue weighted by Crippen LogP contribution is 2.49. The van der Waals surface area contributed by atoms with Gasteiger partial charge in [0.1, 0.15) is 35.8 Å². The fourth-order valence-corrected chi connectivity index (χ4v) is 11.7. The van der Waals surface area contributed by atoms with E-state index in [-0.39, 0.29) is 50.0 Å². The first kappa shape index (κ1) is 58.7. The van der Waals surface area contributed by atoms with Crippen LogP contribution in [0.4, 0.5) is 4.39 Å². The van der Waals surface area contributed by atoms with Crippen molar-refractivity contribution >= 4 is 29.5 Å². The number of aliphatic hydroxyl groups excluding tert-OH is 2. The van der Waals surface area contributed by atoms with E-state index in [4.69, 9.17) is 48.5 Å². The van der Waals surface area contributed by atoms with Gasteiger partial charge in [-0.05, 0) is 99.2 Å². The maximum atomic E-state index is 15.1. The summed E-state index contributed by atoms with van der Waals surface area (Å²) < 4.78 is 66.2. The van der Waals surface area contributed by atoms with E-state index in [0.29, 0.717) is 17.8 Å². The molecule has 10 unspecified atom stereocenters. The Labute approximate surface area is 433 Å². The van der Waals surface area contributed by atoms with Crippen molar-refractivity contribution in [3.63, 3.8) is 0 Å². The molecule has 0 spiro atoms. The Morgan fingerprint density at radius 2 is 1.61 bits per heavy atom. The average Bonchev–Trinajstić information content (AvgIpc) is 3.95. The number of aromatic nitrogens is 3. The van der Waals surface area contributed by atoms with Crippen LogP contribution in [0.25, 0.3) is 5.69 Å². The molecule has 1 aromatic heterocycles. The lowest BCUT2D eigenvalue weighted by Crippen LogP contribution is -2.61. The molecule has 2 aromatic rings. The number of nitrogens with zero attached hydrogens (tertiary/aromatic N) is 5. The van der Waals surface area contributed by atoms with Gasteiger partial charge in [0.2, 0.25) is 0 Å². The molecule has 0 radical (unpaired) electrons. The number of likely N-dealkylation sites (N-methyl/N-ethyl adjacent to an activating group) is 1. The number of Topliss-reactive ketones (excluding diaryl/α,β-unsaturated/α-hetero) is 1. The van der Waals surface area contributed by atoms with Gasteiger partial charge in [-0.15, -0.1) is 5.10 Å². The standard InChI is InChI=1S/C52H79FN6O15/c1-15-36-52(10)40(39(48(65)73-52)46(54)56-74-37(60)21-18-33-25-59(57-55-33)34-19-16-32(53)17-20-34)28(4)41(61)26(2)23-51(9,67-14)45(72-49-42(62)35(58(11)12)22-27(3)68-49)29(5)43(30(6)47(64)70-36)71-38-24-50(8,66-13)44(63)31(7)69-38/h16-17,19-20,25-31,35-36,38-40,42-45,49,62-63H,15,18,21-24H2,1-14H3,(H2,54,56)/t26-,27?,28-,29+,30-,31?,35?,36-,38?,39?,40?,42?,43+,44?,45-,49?,50?,51+,52-/m1/s1. The molecule has 6 rings (SSSR count). The summed E-state index contributed by atoms with van der Waals surface area (Å²) in [5.41, 5.74) is 3.41. The first-order valence-electron chi connectivity index (χ1n) is 25.6. The number of carbonyl (C=O) groups is 4. The van der Waals surface area contributed by atoms with Crippen molar-refractivity contribution in [2.75, 3.05) is 28.3 Å². The third-order valence-electron chi connectivity index (χ3n) is 16.1. The zero-order chi connectivity index (χ0) is 54.8. The first-order chi connectivity index (χ1) is 34.7. The fraction of sp³-hybridized carbons (Fsp3) is 0.750. The number of hydrogen-bond donors (Lipinski definition) is 3. The number of ether oxygens (including phenoxy) is 8. The minimum absolute atomic E-state index is 0.0204. The summed E-state index contributed by atoms with van der Waals surface area (Å²) >= 11 is 0. The van der Waals surface area contributed by atoms with Gasteiger partial charge in [-0.25, -0.2) is 13.9 Å². The molecule has 74 heavy (non-hydrogen) atoms. The van der Waals surface area contributed by atoms with Crippen LogP contribution in [0.5, 0.6) is 0 Å². The van der Waals surface area contributed by atoms with Gasteiger partial charge in [-0.2, -0.15) is 0 Å². The van der Waals surface area contributed by atoms with Gasteiger partial charge >= 0.3 is 17.9 Å². The summed E-state index contributed by atoms with van der Waals surface area (Å²) in [7, 11) is 6.69. The molecule has 19 atom stereocenters. The van der Waals surface area contributed by atoms with Crippen LogP contribution in [-0.4, -0.2) is 166 Å². The molecule has 4 saturated heterocycles. The molecule has 1 aromatic carbocycles. The number of cyclic esters (lactones) is 1. The lowest BCUT2D eigenvalue weighted by molar-refractivity contribution is -0.319. The van der Waals surface area contributed by atoms with Gasteiger partial charge in [-0.1, -0.05) is 38.1 Å². The SMILES string of the molecule is CC[C@H]1OC(=O)[C@H](C)[C@@H](OC2CC(C)(OC)C(O)C(C)O2)[C@H](C)[C@@H](OC2OC(C)CC(N(C)C)C2O)[C@@](C)(OC)C[C@@H](C)C(=O)[C@H](C)C2C(/C(N)=N\OC(=O)CCc3cn(-c4ccc(F)cc4)nn3)C(=O)O[C@@]21C. The van der Waals surface area contributed by atoms with E-state index < -0.39 is 131 Å². The Morgan fingerprint density at radius 1 is 0.946 bits per heavy atom. The van der Waals surface area contributed by atoms with Gasteiger partial charge in [0, 0.05) is 56.8 Å². The van der Waals surface area contributed by atoms with Crippen LogP contribution in [0.2, 0.25) is 0 Å². The monoisotopic (exact) mass is 1050 g/mol. The van der Waals surface area contributed by atoms with Crippen molar-refractivity contribution < 1.29 is 76.5 Å². The molecule has 0 bridgehead atoms. The van der Waals surface area contributed by atoms with Crippen LogP contribution in [-0.2, 0) is 68.3 Å².